The Hall–Kier alpha value is -1.43. The van der Waals surface area contributed by atoms with Gasteiger partial charge in [0.25, 0.3) is 5.91 Å². The standard InChI is InChI=1S/C15H15BrFNO3/c16-10-4-9(5-11(17)6-10)14(19)18-13-8-2-1-7(3-8)12(13)15(20)21/h4-8,12-13H,1-3H2,(H,18,19)(H,20,21). The Bertz CT molecular complexity index is 586. The molecule has 0 heterocycles. The molecule has 1 aromatic carbocycles. The second-order valence-electron chi connectivity index (χ2n) is 5.85. The Morgan fingerprint density at radius 1 is 1.24 bits per heavy atom. The molecule has 0 aliphatic heterocycles. The summed E-state index contributed by atoms with van der Waals surface area (Å²) >= 11 is 3.15. The van der Waals surface area contributed by atoms with Crippen LogP contribution in [0.25, 0.3) is 0 Å². The van der Waals surface area contributed by atoms with E-state index < -0.39 is 23.6 Å². The zero-order chi connectivity index (χ0) is 15.1. The average molecular weight is 356 g/mol. The lowest BCUT2D eigenvalue weighted by molar-refractivity contribution is -0.144. The molecular formula is C15H15BrFNO3. The van der Waals surface area contributed by atoms with Crippen molar-refractivity contribution >= 4 is 27.8 Å². The van der Waals surface area contributed by atoms with Crippen molar-refractivity contribution in [1.29, 1.82) is 0 Å². The van der Waals surface area contributed by atoms with E-state index in [4.69, 9.17) is 0 Å². The summed E-state index contributed by atoms with van der Waals surface area (Å²) in [5.74, 6) is -1.93. The van der Waals surface area contributed by atoms with E-state index in [2.05, 4.69) is 21.2 Å². The lowest BCUT2D eigenvalue weighted by atomic mass is 9.84. The molecule has 0 saturated heterocycles. The highest BCUT2D eigenvalue weighted by Crippen LogP contribution is 2.48. The number of hydrogen-bond donors (Lipinski definition) is 2. The van der Waals surface area contributed by atoms with Crippen molar-refractivity contribution in [3.8, 4) is 0 Å². The van der Waals surface area contributed by atoms with E-state index in [0.717, 1.165) is 25.3 Å². The van der Waals surface area contributed by atoms with Gasteiger partial charge in [0, 0.05) is 16.1 Å². The van der Waals surface area contributed by atoms with Crippen molar-refractivity contribution in [2.24, 2.45) is 17.8 Å². The summed E-state index contributed by atoms with van der Waals surface area (Å²) in [5, 5.41) is 12.2. The molecule has 0 spiro atoms. The van der Waals surface area contributed by atoms with Crippen molar-refractivity contribution in [2.45, 2.75) is 25.3 Å². The Morgan fingerprint density at radius 2 is 1.95 bits per heavy atom. The number of carbonyl (C=O) groups excluding carboxylic acids is 1. The van der Waals surface area contributed by atoms with Gasteiger partial charge in [0.2, 0.25) is 0 Å². The fourth-order valence-corrected chi connectivity index (χ4v) is 4.24. The Morgan fingerprint density at radius 3 is 2.62 bits per heavy atom. The molecule has 4 atom stereocenters. The van der Waals surface area contributed by atoms with Gasteiger partial charge in [-0.2, -0.15) is 0 Å². The first kappa shape index (κ1) is 14.5. The highest BCUT2D eigenvalue weighted by atomic mass is 79.9. The van der Waals surface area contributed by atoms with Crippen molar-refractivity contribution in [3.63, 3.8) is 0 Å². The molecular weight excluding hydrogens is 341 g/mol. The molecule has 3 rings (SSSR count). The van der Waals surface area contributed by atoms with E-state index >= 15 is 0 Å². The maximum absolute atomic E-state index is 13.4. The summed E-state index contributed by atoms with van der Waals surface area (Å²) in [6, 6.07) is 3.61. The SMILES string of the molecule is O=C(NC1C2CCC(C2)C1C(=O)O)c1cc(F)cc(Br)c1. The molecule has 1 amide bonds. The first-order valence-electron chi connectivity index (χ1n) is 6.95. The lowest BCUT2D eigenvalue weighted by Gasteiger charge is -2.28. The Kier molecular flexibility index (Phi) is 3.73. The fraction of sp³-hybridized carbons (Fsp3) is 0.467. The Labute approximate surface area is 129 Å². The highest BCUT2D eigenvalue weighted by molar-refractivity contribution is 9.10. The van der Waals surface area contributed by atoms with Crippen LogP contribution in [0, 0.1) is 23.6 Å². The van der Waals surface area contributed by atoms with Gasteiger partial charge in [-0.25, -0.2) is 4.39 Å². The molecule has 21 heavy (non-hydrogen) atoms. The summed E-state index contributed by atoms with van der Waals surface area (Å²) in [6.07, 6.45) is 2.72. The number of hydrogen-bond acceptors (Lipinski definition) is 2. The van der Waals surface area contributed by atoms with Crippen molar-refractivity contribution < 1.29 is 19.1 Å². The van der Waals surface area contributed by atoms with Gasteiger partial charge >= 0.3 is 5.97 Å². The summed E-state index contributed by atoms with van der Waals surface area (Å²) in [4.78, 5) is 23.7. The first-order chi connectivity index (χ1) is 9.95. The molecule has 2 bridgehead atoms. The van der Waals surface area contributed by atoms with Crippen LogP contribution in [0.3, 0.4) is 0 Å². The number of carboxylic acids is 1. The van der Waals surface area contributed by atoms with E-state index in [1.807, 2.05) is 0 Å². The van der Waals surface area contributed by atoms with Crippen LogP contribution in [0.4, 0.5) is 4.39 Å². The van der Waals surface area contributed by atoms with Crippen LogP contribution in [0.5, 0.6) is 0 Å². The predicted octanol–water partition coefficient (Wildman–Crippen LogP) is 2.82. The van der Waals surface area contributed by atoms with Crippen LogP contribution in [-0.4, -0.2) is 23.0 Å². The topological polar surface area (TPSA) is 66.4 Å². The lowest BCUT2D eigenvalue weighted by Crippen LogP contribution is -2.46. The molecule has 112 valence electrons. The van der Waals surface area contributed by atoms with Crippen LogP contribution in [0.2, 0.25) is 0 Å². The zero-order valence-electron chi connectivity index (χ0n) is 11.2. The summed E-state index contributed by atoms with van der Waals surface area (Å²) in [5.41, 5.74) is 0.203. The van der Waals surface area contributed by atoms with Gasteiger partial charge in [-0.1, -0.05) is 15.9 Å². The van der Waals surface area contributed by atoms with Crippen LogP contribution >= 0.6 is 15.9 Å². The molecule has 4 unspecified atom stereocenters. The normalized spacial score (nSPS) is 30.4. The van der Waals surface area contributed by atoms with Gasteiger partial charge in [0.15, 0.2) is 0 Å². The van der Waals surface area contributed by atoms with Gasteiger partial charge in [0.05, 0.1) is 5.92 Å². The highest BCUT2D eigenvalue weighted by Gasteiger charge is 2.51. The number of nitrogens with one attached hydrogen (secondary N) is 1. The average Bonchev–Trinajstić information content (AvgIpc) is 2.97. The number of carbonyl (C=O) groups is 2. The van der Waals surface area contributed by atoms with E-state index in [9.17, 15) is 19.1 Å². The molecule has 1 aromatic rings. The second-order valence-corrected chi connectivity index (χ2v) is 6.77. The van der Waals surface area contributed by atoms with E-state index in [0.29, 0.717) is 4.47 Å². The van der Waals surface area contributed by atoms with Crippen LogP contribution in [0.1, 0.15) is 29.6 Å². The van der Waals surface area contributed by atoms with E-state index in [-0.39, 0.29) is 23.4 Å². The van der Waals surface area contributed by atoms with E-state index in [1.165, 1.54) is 12.1 Å². The minimum atomic E-state index is -0.854. The van der Waals surface area contributed by atoms with Gasteiger partial charge in [-0.3, -0.25) is 9.59 Å². The molecule has 2 aliphatic rings. The minimum Gasteiger partial charge on any atom is -0.481 e. The third-order valence-corrected chi connectivity index (χ3v) is 5.08. The number of amides is 1. The number of fused-ring (bicyclic) bond motifs is 2. The van der Waals surface area contributed by atoms with Gasteiger partial charge < -0.3 is 10.4 Å². The quantitative estimate of drug-likeness (QED) is 0.875. The number of halogens is 2. The van der Waals surface area contributed by atoms with Gasteiger partial charge in [-0.15, -0.1) is 0 Å². The number of carboxylic acid groups (broad SMARTS) is 1. The van der Waals surface area contributed by atoms with Crippen LogP contribution in [0.15, 0.2) is 22.7 Å². The predicted molar refractivity (Wildman–Crippen MR) is 77.3 cm³/mol. The maximum atomic E-state index is 13.4. The smallest absolute Gasteiger partial charge is 0.308 e. The largest absolute Gasteiger partial charge is 0.481 e. The minimum absolute atomic E-state index is 0.150. The molecule has 2 N–H and O–H groups in total. The van der Waals surface area contributed by atoms with Gasteiger partial charge in [0.1, 0.15) is 5.82 Å². The first-order valence-corrected chi connectivity index (χ1v) is 7.75. The van der Waals surface area contributed by atoms with Crippen molar-refractivity contribution in [3.05, 3.63) is 34.1 Å². The molecule has 4 nitrogen and oxygen atoms in total. The van der Waals surface area contributed by atoms with Gasteiger partial charge in [-0.05, 0) is 49.3 Å². The number of aliphatic carboxylic acids is 1. The summed E-state index contributed by atoms with van der Waals surface area (Å²) < 4.78 is 13.8. The molecule has 2 fully saturated rings. The zero-order valence-corrected chi connectivity index (χ0v) is 12.8. The van der Waals surface area contributed by atoms with Crippen LogP contribution < -0.4 is 5.32 Å². The molecule has 2 saturated carbocycles. The monoisotopic (exact) mass is 355 g/mol. The summed E-state index contributed by atoms with van der Waals surface area (Å²) in [6.45, 7) is 0. The number of rotatable bonds is 3. The molecule has 0 radical (unpaired) electrons. The third kappa shape index (κ3) is 2.69. The molecule has 2 aliphatic carbocycles. The molecule has 0 aromatic heterocycles. The van der Waals surface area contributed by atoms with Crippen LogP contribution in [-0.2, 0) is 4.79 Å². The Balaban J connectivity index is 1.79. The maximum Gasteiger partial charge on any atom is 0.308 e. The number of benzene rings is 1. The second kappa shape index (κ2) is 5.40. The third-order valence-electron chi connectivity index (χ3n) is 4.62. The summed E-state index contributed by atoms with van der Waals surface area (Å²) in [7, 11) is 0. The van der Waals surface area contributed by atoms with E-state index in [1.54, 1.807) is 0 Å². The fourth-order valence-electron chi connectivity index (χ4n) is 3.77. The van der Waals surface area contributed by atoms with Crippen molar-refractivity contribution in [1.82, 2.24) is 5.32 Å². The van der Waals surface area contributed by atoms with Crippen molar-refractivity contribution in [2.75, 3.05) is 0 Å². The molecule has 6 heteroatoms.